The van der Waals surface area contributed by atoms with E-state index in [0.29, 0.717) is 13.2 Å². The van der Waals surface area contributed by atoms with Crippen molar-refractivity contribution in [2.75, 3.05) is 18.6 Å². The first-order valence-corrected chi connectivity index (χ1v) is 7.38. The fraction of sp³-hybridized carbons (Fsp3) is 0.312. The molecule has 120 valence electrons. The molecule has 2 N–H and O–H groups in total. The first-order chi connectivity index (χ1) is 11.2. The van der Waals surface area contributed by atoms with Crippen LogP contribution < -0.4 is 10.2 Å². The van der Waals surface area contributed by atoms with Gasteiger partial charge in [-0.15, -0.1) is 0 Å². The van der Waals surface area contributed by atoms with Gasteiger partial charge in [0, 0.05) is 19.3 Å². The first kappa shape index (κ1) is 15.2. The summed E-state index contributed by atoms with van der Waals surface area (Å²) < 4.78 is 4.98. The first-order valence-electron chi connectivity index (χ1n) is 7.38. The summed E-state index contributed by atoms with van der Waals surface area (Å²) in [6, 6.07) is 9.42. The number of aromatic amines is 1. The average Bonchev–Trinajstić information content (AvgIpc) is 3.19. The molecule has 0 bridgehead atoms. The number of hydrogen-bond acceptors (Lipinski definition) is 4. The van der Waals surface area contributed by atoms with E-state index in [0.717, 1.165) is 29.1 Å². The number of nitrogens with zero attached hydrogens (tertiary/aromatic N) is 2. The van der Waals surface area contributed by atoms with Gasteiger partial charge < -0.3 is 15.0 Å². The van der Waals surface area contributed by atoms with E-state index in [9.17, 15) is 9.59 Å². The molecule has 0 saturated carbocycles. The van der Waals surface area contributed by atoms with E-state index in [1.165, 1.54) is 4.90 Å². The smallest absolute Gasteiger partial charge is 0.316 e. The van der Waals surface area contributed by atoms with E-state index in [4.69, 9.17) is 4.74 Å². The predicted molar refractivity (Wildman–Crippen MR) is 83.6 cm³/mol. The highest BCUT2D eigenvalue weighted by Gasteiger charge is 2.28. The second-order valence-electron chi connectivity index (χ2n) is 5.34. The summed E-state index contributed by atoms with van der Waals surface area (Å²) in [4.78, 5) is 25.9. The molecule has 0 saturated heterocycles. The monoisotopic (exact) mass is 314 g/mol. The van der Waals surface area contributed by atoms with Crippen LogP contribution in [0.2, 0.25) is 0 Å². The lowest BCUT2D eigenvalue weighted by Gasteiger charge is -2.16. The van der Waals surface area contributed by atoms with Crippen molar-refractivity contribution in [2.24, 2.45) is 0 Å². The lowest BCUT2D eigenvalue weighted by atomic mass is 10.2. The Balaban J connectivity index is 1.59. The molecule has 0 radical (unpaired) electrons. The van der Waals surface area contributed by atoms with Gasteiger partial charge in [0.2, 0.25) is 0 Å². The summed E-state index contributed by atoms with van der Waals surface area (Å²) >= 11 is 0. The Kier molecular flexibility index (Phi) is 4.38. The second kappa shape index (κ2) is 6.62. The van der Waals surface area contributed by atoms with Crippen LogP contribution in [0.5, 0.6) is 0 Å². The number of hydrogen-bond donors (Lipinski definition) is 2. The number of amides is 2. The molecule has 7 nitrogen and oxygen atoms in total. The van der Waals surface area contributed by atoms with E-state index in [1.54, 1.807) is 13.2 Å². The van der Waals surface area contributed by atoms with Crippen LogP contribution in [0.3, 0.4) is 0 Å². The van der Waals surface area contributed by atoms with Gasteiger partial charge in [0.15, 0.2) is 0 Å². The molecule has 2 heterocycles. The average molecular weight is 314 g/mol. The number of fused-ring (bicyclic) bond motifs is 1. The van der Waals surface area contributed by atoms with Crippen molar-refractivity contribution in [3.05, 3.63) is 47.3 Å². The van der Waals surface area contributed by atoms with Crippen molar-refractivity contribution < 1.29 is 14.3 Å². The van der Waals surface area contributed by atoms with Crippen molar-refractivity contribution in [2.45, 2.75) is 19.6 Å². The number of benzene rings is 1. The molecular formula is C16H18N4O3. The molecule has 2 aromatic rings. The van der Waals surface area contributed by atoms with E-state index < -0.39 is 11.8 Å². The Bertz CT molecular complexity index is 726. The zero-order valence-corrected chi connectivity index (χ0v) is 12.8. The SMILES string of the molecule is COCc1cc(CNC(=O)C(=O)N2CCc3ccccc32)[nH]n1. The van der Waals surface area contributed by atoms with Gasteiger partial charge in [0.25, 0.3) is 0 Å². The van der Waals surface area contributed by atoms with Crippen molar-refractivity contribution in [1.29, 1.82) is 0 Å². The van der Waals surface area contributed by atoms with Crippen molar-refractivity contribution in [1.82, 2.24) is 15.5 Å². The lowest BCUT2D eigenvalue weighted by Crippen LogP contribution is -2.42. The number of rotatable bonds is 4. The lowest BCUT2D eigenvalue weighted by molar-refractivity contribution is -0.137. The van der Waals surface area contributed by atoms with Gasteiger partial charge in [0.05, 0.1) is 24.5 Å². The molecule has 0 unspecified atom stereocenters. The summed E-state index contributed by atoms with van der Waals surface area (Å²) in [7, 11) is 1.59. The van der Waals surface area contributed by atoms with Crippen LogP contribution in [-0.2, 0) is 33.9 Å². The minimum absolute atomic E-state index is 0.219. The number of anilines is 1. The largest absolute Gasteiger partial charge is 0.378 e. The third kappa shape index (κ3) is 3.24. The summed E-state index contributed by atoms with van der Waals surface area (Å²) in [5.74, 6) is -1.16. The topological polar surface area (TPSA) is 87.3 Å². The highest BCUT2D eigenvalue weighted by atomic mass is 16.5. The van der Waals surface area contributed by atoms with Gasteiger partial charge in [-0.25, -0.2) is 0 Å². The highest BCUT2D eigenvalue weighted by molar-refractivity contribution is 6.40. The number of aromatic nitrogens is 2. The summed E-state index contributed by atoms with van der Waals surface area (Å²) in [6.45, 7) is 1.15. The molecule has 0 spiro atoms. The molecule has 3 rings (SSSR count). The number of H-pyrrole nitrogens is 1. The van der Waals surface area contributed by atoms with Crippen molar-refractivity contribution in [3.63, 3.8) is 0 Å². The van der Waals surface area contributed by atoms with E-state index in [-0.39, 0.29) is 6.54 Å². The molecule has 1 aliphatic rings. The van der Waals surface area contributed by atoms with Crippen LogP contribution in [0.15, 0.2) is 30.3 Å². The molecule has 23 heavy (non-hydrogen) atoms. The number of ether oxygens (including phenoxy) is 1. The van der Waals surface area contributed by atoms with Crippen LogP contribution in [0.4, 0.5) is 5.69 Å². The van der Waals surface area contributed by atoms with Crippen molar-refractivity contribution in [3.8, 4) is 0 Å². The Labute approximate surface area is 133 Å². The van der Waals surface area contributed by atoms with Gasteiger partial charge in [-0.1, -0.05) is 18.2 Å². The fourth-order valence-corrected chi connectivity index (χ4v) is 2.64. The third-order valence-electron chi connectivity index (χ3n) is 3.74. The van der Waals surface area contributed by atoms with E-state index >= 15 is 0 Å². The summed E-state index contributed by atoms with van der Waals surface area (Å²) in [6.07, 6.45) is 0.774. The minimum atomic E-state index is -0.621. The standard InChI is InChI=1S/C16H18N4O3/c1-23-10-13-8-12(18-19-13)9-17-15(21)16(22)20-7-6-11-4-2-3-5-14(11)20/h2-5,8H,6-7,9-10H2,1H3,(H,17,21)(H,18,19). The Morgan fingerprint density at radius 2 is 2.22 bits per heavy atom. The minimum Gasteiger partial charge on any atom is -0.378 e. The highest BCUT2D eigenvalue weighted by Crippen LogP contribution is 2.27. The van der Waals surface area contributed by atoms with E-state index in [1.807, 2.05) is 24.3 Å². The van der Waals surface area contributed by atoms with E-state index in [2.05, 4.69) is 15.5 Å². The van der Waals surface area contributed by atoms with Gasteiger partial charge in [0.1, 0.15) is 0 Å². The maximum Gasteiger partial charge on any atom is 0.316 e. The van der Waals surface area contributed by atoms with Crippen LogP contribution in [0.25, 0.3) is 0 Å². The predicted octanol–water partition coefficient (Wildman–Crippen LogP) is 0.762. The molecular weight excluding hydrogens is 296 g/mol. The van der Waals surface area contributed by atoms with Crippen LogP contribution in [0, 0.1) is 0 Å². The molecule has 1 aromatic heterocycles. The van der Waals surface area contributed by atoms with Gasteiger partial charge in [-0.3, -0.25) is 14.7 Å². The van der Waals surface area contributed by atoms with Gasteiger partial charge >= 0.3 is 11.8 Å². The summed E-state index contributed by atoms with van der Waals surface area (Å²) in [5.41, 5.74) is 3.37. The fourth-order valence-electron chi connectivity index (χ4n) is 2.64. The second-order valence-corrected chi connectivity index (χ2v) is 5.34. The third-order valence-corrected chi connectivity index (χ3v) is 3.74. The Morgan fingerprint density at radius 3 is 3.04 bits per heavy atom. The summed E-state index contributed by atoms with van der Waals surface area (Å²) in [5, 5.41) is 9.46. The molecule has 1 aromatic carbocycles. The molecule has 2 amide bonds. The molecule has 1 aliphatic heterocycles. The number of carbonyl (C=O) groups is 2. The van der Waals surface area contributed by atoms with Crippen LogP contribution >= 0.6 is 0 Å². The number of carbonyl (C=O) groups excluding carboxylic acids is 2. The maximum atomic E-state index is 12.3. The molecule has 7 heteroatoms. The van der Waals surface area contributed by atoms with Gasteiger partial charge in [-0.05, 0) is 24.1 Å². The Hall–Kier alpha value is -2.67. The molecule has 0 atom stereocenters. The number of nitrogens with one attached hydrogen (secondary N) is 2. The van der Waals surface area contributed by atoms with Crippen molar-refractivity contribution >= 4 is 17.5 Å². The normalized spacial score (nSPS) is 13.0. The quantitative estimate of drug-likeness (QED) is 0.816. The molecule has 0 fully saturated rings. The zero-order valence-electron chi connectivity index (χ0n) is 12.8. The Morgan fingerprint density at radius 1 is 1.39 bits per heavy atom. The number of para-hydroxylation sites is 1. The maximum absolute atomic E-state index is 12.3. The zero-order chi connectivity index (χ0) is 16.2. The molecule has 0 aliphatic carbocycles. The number of methoxy groups -OCH3 is 1. The van der Waals surface area contributed by atoms with Crippen LogP contribution in [0.1, 0.15) is 17.0 Å². The van der Waals surface area contributed by atoms with Crippen LogP contribution in [-0.4, -0.2) is 35.7 Å². The van der Waals surface area contributed by atoms with Gasteiger partial charge in [-0.2, -0.15) is 5.10 Å².